The van der Waals surface area contributed by atoms with Gasteiger partial charge < -0.3 is 19.5 Å². The second kappa shape index (κ2) is 9.27. The van der Waals surface area contributed by atoms with Crippen molar-refractivity contribution >= 4 is 15.9 Å². The predicted molar refractivity (Wildman–Crippen MR) is 102 cm³/mol. The summed E-state index contributed by atoms with van der Waals surface area (Å²) in [4.78, 5) is 12.5. The normalized spacial score (nSPS) is 18.0. The summed E-state index contributed by atoms with van der Waals surface area (Å²) in [6.07, 6.45) is 1.36. The van der Waals surface area contributed by atoms with Crippen LogP contribution in [0.4, 0.5) is 0 Å². The lowest BCUT2D eigenvalue weighted by molar-refractivity contribution is -0.126. The fourth-order valence-electron chi connectivity index (χ4n) is 3.16. The van der Waals surface area contributed by atoms with Gasteiger partial charge >= 0.3 is 0 Å². The summed E-state index contributed by atoms with van der Waals surface area (Å²) < 4.78 is 41.5. The second-order valence-corrected chi connectivity index (χ2v) is 8.61. The highest BCUT2D eigenvalue weighted by Crippen LogP contribution is 2.38. The third-order valence-electron chi connectivity index (χ3n) is 4.70. The first-order valence-corrected chi connectivity index (χ1v) is 10.5. The molecule has 1 aromatic rings. The van der Waals surface area contributed by atoms with Crippen molar-refractivity contribution in [3.63, 3.8) is 0 Å². The molecule has 1 aliphatic rings. The number of hydrogen-bond acceptors (Lipinski definition) is 6. The lowest BCUT2D eigenvalue weighted by Crippen LogP contribution is -2.45. The van der Waals surface area contributed by atoms with E-state index in [1.165, 1.54) is 25.6 Å². The smallest absolute Gasteiger partial charge is 0.224 e. The summed E-state index contributed by atoms with van der Waals surface area (Å²) in [5, 5.41) is 2.89. The minimum atomic E-state index is -3.27. The van der Waals surface area contributed by atoms with Crippen molar-refractivity contribution in [2.75, 3.05) is 40.2 Å². The van der Waals surface area contributed by atoms with Crippen LogP contribution >= 0.6 is 0 Å². The van der Waals surface area contributed by atoms with E-state index in [0.717, 1.165) is 5.56 Å². The number of amides is 1. The molecule has 2 rings (SSSR count). The molecule has 1 atom stereocenters. The molecule has 0 saturated carbocycles. The number of methoxy groups -OCH3 is 3. The molecule has 8 nitrogen and oxygen atoms in total. The standard InChI is InChI=1S/C18H28N2O6S/c1-5-27(22,23)20-8-6-7-14(12-20)18(21)19-11-13-9-15(24-2)17(26-4)16(10-13)25-3/h9-10,14H,5-8,11-12H2,1-4H3,(H,19,21)/t14-/m1/s1. The number of nitrogens with zero attached hydrogens (tertiary/aromatic N) is 1. The Morgan fingerprint density at radius 3 is 2.33 bits per heavy atom. The van der Waals surface area contributed by atoms with Gasteiger partial charge in [0.25, 0.3) is 0 Å². The molecule has 27 heavy (non-hydrogen) atoms. The number of piperidine rings is 1. The highest BCUT2D eigenvalue weighted by molar-refractivity contribution is 7.89. The van der Waals surface area contributed by atoms with Crippen LogP contribution in [0.25, 0.3) is 0 Å². The summed E-state index contributed by atoms with van der Waals surface area (Å²) in [7, 11) is 1.32. The molecule has 1 N–H and O–H groups in total. The van der Waals surface area contributed by atoms with Gasteiger partial charge in [0.05, 0.1) is 33.0 Å². The Labute approximate surface area is 160 Å². The molecule has 0 unspecified atom stereocenters. The monoisotopic (exact) mass is 400 g/mol. The first-order chi connectivity index (χ1) is 12.9. The largest absolute Gasteiger partial charge is 0.493 e. The highest BCUT2D eigenvalue weighted by atomic mass is 32.2. The Hall–Kier alpha value is -2.00. The Morgan fingerprint density at radius 1 is 1.19 bits per heavy atom. The fourth-order valence-corrected chi connectivity index (χ4v) is 4.34. The molecule has 1 fully saturated rings. The lowest BCUT2D eigenvalue weighted by Gasteiger charge is -2.30. The van der Waals surface area contributed by atoms with Gasteiger partial charge in [-0.05, 0) is 37.5 Å². The van der Waals surface area contributed by atoms with Crippen molar-refractivity contribution in [1.82, 2.24) is 9.62 Å². The lowest BCUT2D eigenvalue weighted by atomic mass is 9.98. The summed E-state index contributed by atoms with van der Waals surface area (Å²) in [6, 6.07) is 3.55. The highest BCUT2D eigenvalue weighted by Gasteiger charge is 2.31. The molecule has 152 valence electrons. The van der Waals surface area contributed by atoms with Crippen molar-refractivity contribution in [2.24, 2.45) is 5.92 Å². The zero-order chi connectivity index (χ0) is 20.0. The van der Waals surface area contributed by atoms with Crippen molar-refractivity contribution in [3.8, 4) is 17.2 Å². The quantitative estimate of drug-likeness (QED) is 0.709. The first-order valence-electron chi connectivity index (χ1n) is 8.90. The minimum Gasteiger partial charge on any atom is -0.493 e. The van der Waals surface area contributed by atoms with Gasteiger partial charge in [-0.25, -0.2) is 12.7 Å². The zero-order valence-corrected chi connectivity index (χ0v) is 17.1. The molecular weight excluding hydrogens is 372 g/mol. The number of rotatable bonds is 8. The fraction of sp³-hybridized carbons (Fsp3) is 0.611. The molecule has 0 aliphatic carbocycles. The van der Waals surface area contributed by atoms with Crippen LogP contribution in [0.1, 0.15) is 25.3 Å². The zero-order valence-electron chi connectivity index (χ0n) is 16.3. The number of sulfonamides is 1. The van der Waals surface area contributed by atoms with Gasteiger partial charge in [0, 0.05) is 19.6 Å². The second-order valence-electron chi connectivity index (χ2n) is 6.35. The van der Waals surface area contributed by atoms with Gasteiger partial charge in [0.15, 0.2) is 11.5 Å². The maximum absolute atomic E-state index is 12.5. The third kappa shape index (κ3) is 5.04. The van der Waals surface area contributed by atoms with Crippen molar-refractivity contribution in [1.29, 1.82) is 0 Å². The van der Waals surface area contributed by atoms with E-state index < -0.39 is 10.0 Å². The molecule has 9 heteroatoms. The number of nitrogens with one attached hydrogen (secondary N) is 1. The van der Waals surface area contributed by atoms with Crippen LogP contribution in [0.3, 0.4) is 0 Å². The average molecular weight is 400 g/mol. The number of carbonyl (C=O) groups is 1. The van der Waals surface area contributed by atoms with E-state index in [1.54, 1.807) is 19.1 Å². The van der Waals surface area contributed by atoms with E-state index in [0.29, 0.717) is 36.6 Å². The van der Waals surface area contributed by atoms with E-state index in [2.05, 4.69) is 5.32 Å². The van der Waals surface area contributed by atoms with E-state index in [1.807, 2.05) is 0 Å². The molecular formula is C18H28N2O6S. The molecule has 0 radical (unpaired) electrons. The van der Waals surface area contributed by atoms with Crippen LogP contribution in [-0.2, 0) is 21.4 Å². The third-order valence-corrected chi connectivity index (χ3v) is 6.55. The number of carbonyl (C=O) groups excluding carboxylic acids is 1. The SMILES string of the molecule is CCS(=O)(=O)N1CCC[C@@H](C(=O)NCc2cc(OC)c(OC)c(OC)c2)C1. The number of hydrogen-bond donors (Lipinski definition) is 1. The Morgan fingerprint density at radius 2 is 1.81 bits per heavy atom. The molecule has 1 aromatic carbocycles. The van der Waals surface area contributed by atoms with Crippen molar-refractivity contribution in [2.45, 2.75) is 26.3 Å². The molecule has 0 spiro atoms. The maximum Gasteiger partial charge on any atom is 0.224 e. The van der Waals surface area contributed by atoms with Crippen LogP contribution in [0, 0.1) is 5.92 Å². The van der Waals surface area contributed by atoms with Gasteiger partial charge in [-0.15, -0.1) is 0 Å². The average Bonchev–Trinajstić information content (AvgIpc) is 2.70. The van der Waals surface area contributed by atoms with E-state index in [4.69, 9.17) is 14.2 Å². The first kappa shape index (κ1) is 21.3. The molecule has 1 saturated heterocycles. The molecule has 1 heterocycles. The summed E-state index contributed by atoms with van der Waals surface area (Å²) in [6.45, 7) is 2.61. The maximum atomic E-state index is 12.5. The number of benzene rings is 1. The van der Waals surface area contributed by atoms with Crippen LogP contribution in [0.15, 0.2) is 12.1 Å². The van der Waals surface area contributed by atoms with Crippen LogP contribution < -0.4 is 19.5 Å². The van der Waals surface area contributed by atoms with Gasteiger partial charge in [0.2, 0.25) is 21.7 Å². The Balaban J connectivity index is 2.05. The molecule has 0 bridgehead atoms. The van der Waals surface area contributed by atoms with E-state index in [9.17, 15) is 13.2 Å². The van der Waals surface area contributed by atoms with Gasteiger partial charge in [-0.1, -0.05) is 0 Å². The van der Waals surface area contributed by atoms with E-state index >= 15 is 0 Å². The summed E-state index contributed by atoms with van der Waals surface area (Å²) >= 11 is 0. The van der Waals surface area contributed by atoms with Crippen LogP contribution in [-0.4, -0.2) is 58.8 Å². The van der Waals surface area contributed by atoms with Crippen LogP contribution in [0.5, 0.6) is 17.2 Å². The molecule has 1 aliphatic heterocycles. The Bertz CT molecular complexity index is 740. The van der Waals surface area contributed by atoms with Crippen molar-refractivity contribution in [3.05, 3.63) is 17.7 Å². The molecule has 1 amide bonds. The number of ether oxygens (including phenoxy) is 3. The van der Waals surface area contributed by atoms with E-state index in [-0.39, 0.29) is 30.7 Å². The topological polar surface area (TPSA) is 94.2 Å². The minimum absolute atomic E-state index is 0.0484. The molecule has 0 aromatic heterocycles. The van der Waals surface area contributed by atoms with Crippen molar-refractivity contribution < 1.29 is 27.4 Å². The summed E-state index contributed by atoms with van der Waals surface area (Å²) in [5.41, 5.74) is 0.798. The van der Waals surface area contributed by atoms with Gasteiger partial charge in [-0.3, -0.25) is 4.79 Å². The van der Waals surface area contributed by atoms with Gasteiger partial charge in [0.1, 0.15) is 0 Å². The van der Waals surface area contributed by atoms with Gasteiger partial charge in [-0.2, -0.15) is 0 Å². The van der Waals surface area contributed by atoms with Crippen LogP contribution in [0.2, 0.25) is 0 Å². The Kier molecular flexibility index (Phi) is 7.32. The predicted octanol–water partition coefficient (Wildman–Crippen LogP) is 1.39. The summed E-state index contributed by atoms with van der Waals surface area (Å²) in [5.74, 6) is 1.06.